The number of aromatic amines is 1. The van der Waals surface area contributed by atoms with Crippen molar-refractivity contribution in [3.05, 3.63) is 61.8 Å². The number of halogens is 1. The Bertz CT molecular complexity index is 782. The van der Waals surface area contributed by atoms with E-state index in [0.717, 1.165) is 7.11 Å². The molecule has 1 heterocycles. The molecule has 0 aliphatic carbocycles. The van der Waals surface area contributed by atoms with Gasteiger partial charge in [-0.25, -0.2) is 9.78 Å². The van der Waals surface area contributed by atoms with Crippen LogP contribution in [-0.4, -0.2) is 28.8 Å². The number of ether oxygens (including phenoxy) is 1. The smallest absolute Gasteiger partial charge is 0.347 e. The molecule has 0 saturated carbocycles. The minimum absolute atomic E-state index is 0.119. The predicted octanol–water partition coefficient (Wildman–Crippen LogP) is 2.90. The number of aryl methyl sites for hydroxylation is 1. The van der Waals surface area contributed by atoms with Crippen molar-refractivity contribution < 1.29 is 19.2 Å². The summed E-state index contributed by atoms with van der Waals surface area (Å²) in [5.74, 6) is -2.14. The van der Waals surface area contributed by atoms with Crippen LogP contribution < -0.4 is 0 Å². The number of nitrogens with one attached hydrogen (secondary N) is 1. The summed E-state index contributed by atoms with van der Waals surface area (Å²) < 4.78 is 4.55. The SMILES string of the molecule is COC(=O)c1c([N+](=O)[O-])[nH]c(C)c1C(=O)c1ccccc1Cl. The summed E-state index contributed by atoms with van der Waals surface area (Å²) >= 11 is 5.98. The molecule has 0 bridgehead atoms. The fourth-order valence-electron chi connectivity index (χ4n) is 2.11. The zero-order valence-electron chi connectivity index (χ0n) is 11.7. The Labute approximate surface area is 130 Å². The van der Waals surface area contributed by atoms with Crippen LogP contribution in [0.3, 0.4) is 0 Å². The lowest BCUT2D eigenvalue weighted by Crippen LogP contribution is -2.12. The maximum absolute atomic E-state index is 12.6. The predicted molar refractivity (Wildman–Crippen MR) is 78.4 cm³/mol. The highest BCUT2D eigenvalue weighted by Gasteiger charge is 2.34. The summed E-state index contributed by atoms with van der Waals surface area (Å²) in [5, 5.41) is 11.2. The van der Waals surface area contributed by atoms with Crippen molar-refractivity contribution in [1.29, 1.82) is 0 Å². The van der Waals surface area contributed by atoms with Gasteiger partial charge in [0.15, 0.2) is 11.3 Å². The van der Waals surface area contributed by atoms with Crippen LogP contribution in [0.1, 0.15) is 32.0 Å². The van der Waals surface area contributed by atoms with E-state index in [1.165, 1.54) is 19.1 Å². The van der Waals surface area contributed by atoms with Crippen molar-refractivity contribution in [3.8, 4) is 0 Å². The second-order valence-electron chi connectivity index (χ2n) is 4.41. The third kappa shape index (κ3) is 2.58. The third-order valence-corrected chi connectivity index (χ3v) is 3.41. The number of carbonyl (C=O) groups is 2. The molecular weight excluding hydrogens is 312 g/mol. The highest BCUT2D eigenvalue weighted by Crippen LogP contribution is 2.29. The summed E-state index contributed by atoms with van der Waals surface area (Å²) in [6, 6.07) is 6.24. The lowest BCUT2D eigenvalue weighted by atomic mass is 9.99. The first-order valence-electron chi connectivity index (χ1n) is 6.13. The highest BCUT2D eigenvalue weighted by molar-refractivity contribution is 6.35. The Morgan fingerprint density at radius 3 is 2.45 bits per heavy atom. The van der Waals surface area contributed by atoms with Crippen LogP contribution in [0, 0.1) is 17.0 Å². The van der Waals surface area contributed by atoms with Gasteiger partial charge in [0.1, 0.15) is 5.69 Å². The molecule has 0 atom stereocenters. The summed E-state index contributed by atoms with van der Waals surface area (Å²) in [6.07, 6.45) is 0. The Balaban J connectivity index is 2.70. The molecule has 2 aromatic rings. The monoisotopic (exact) mass is 322 g/mol. The summed E-state index contributed by atoms with van der Waals surface area (Å²) in [4.78, 5) is 37.2. The third-order valence-electron chi connectivity index (χ3n) is 3.09. The standard InChI is InChI=1S/C14H11ClN2O5/c1-7-10(12(18)8-5-3-4-6-9(8)15)11(14(19)22-2)13(16-7)17(20)21/h3-6,16H,1-2H3. The first kappa shape index (κ1) is 15.7. The van der Waals surface area contributed by atoms with Crippen LogP contribution in [0.25, 0.3) is 0 Å². The molecule has 114 valence electrons. The molecule has 1 N–H and O–H groups in total. The van der Waals surface area contributed by atoms with Gasteiger partial charge in [-0.1, -0.05) is 23.7 Å². The van der Waals surface area contributed by atoms with Gasteiger partial charge in [0.05, 0.1) is 17.7 Å². The normalized spacial score (nSPS) is 10.3. The van der Waals surface area contributed by atoms with E-state index in [-0.39, 0.29) is 21.8 Å². The molecule has 0 amide bonds. The van der Waals surface area contributed by atoms with Crippen LogP contribution in [0.15, 0.2) is 24.3 Å². The number of nitrogens with zero attached hydrogens (tertiary/aromatic N) is 1. The largest absolute Gasteiger partial charge is 0.465 e. The molecule has 0 aliphatic rings. The van der Waals surface area contributed by atoms with E-state index in [2.05, 4.69) is 9.72 Å². The van der Waals surface area contributed by atoms with Gasteiger partial charge in [-0.15, -0.1) is 0 Å². The van der Waals surface area contributed by atoms with Crippen LogP contribution in [0.5, 0.6) is 0 Å². The first-order chi connectivity index (χ1) is 10.4. The number of nitro groups is 1. The lowest BCUT2D eigenvalue weighted by Gasteiger charge is -2.04. The van der Waals surface area contributed by atoms with E-state index < -0.39 is 28.1 Å². The number of ketones is 1. The second-order valence-corrected chi connectivity index (χ2v) is 4.81. The highest BCUT2D eigenvalue weighted by atomic mass is 35.5. The van der Waals surface area contributed by atoms with E-state index >= 15 is 0 Å². The number of aromatic nitrogens is 1. The quantitative estimate of drug-likeness (QED) is 0.403. The molecule has 0 aliphatic heterocycles. The number of esters is 1. The van der Waals surface area contributed by atoms with E-state index in [1.807, 2.05) is 0 Å². The number of hydrogen-bond acceptors (Lipinski definition) is 5. The zero-order valence-corrected chi connectivity index (χ0v) is 12.4. The molecule has 0 spiro atoms. The molecule has 22 heavy (non-hydrogen) atoms. The van der Waals surface area contributed by atoms with Crippen LogP contribution in [-0.2, 0) is 4.74 Å². The van der Waals surface area contributed by atoms with Gasteiger partial charge in [-0.2, -0.15) is 0 Å². The first-order valence-corrected chi connectivity index (χ1v) is 6.50. The molecule has 0 unspecified atom stereocenters. The van der Waals surface area contributed by atoms with Gasteiger partial charge in [0.25, 0.3) is 0 Å². The van der Waals surface area contributed by atoms with Gasteiger partial charge in [0, 0.05) is 5.56 Å². The Morgan fingerprint density at radius 2 is 1.91 bits per heavy atom. The maximum atomic E-state index is 12.6. The minimum atomic E-state index is -0.966. The molecule has 1 aromatic carbocycles. The number of hydrogen-bond donors (Lipinski definition) is 1. The van der Waals surface area contributed by atoms with Crippen LogP contribution in [0.2, 0.25) is 5.02 Å². The van der Waals surface area contributed by atoms with Gasteiger partial charge < -0.3 is 14.9 Å². The number of methoxy groups -OCH3 is 1. The fraction of sp³-hybridized carbons (Fsp3) is 0.143. The van der Waals surface area contributed by atoms with Gasteiger partial charge in [0.2, 0.25) is 0 Å². The van der Waals surface area contributed by atoms with E-state index in [9.17, 15) is 19.7 Å². The van der Waals surface area contributed by atoms with E-state index in [0.29, 0.717) is 0 Å². The van der Waals surface area contributed by atoms with Gasteiger partial charge in [-0.3, -0.25) is 4.79 Å². The topological polar surface area (TPSA) is 102 Å². The average Bonchev–Trinajstić information content (AvgIpc) is 2.84. The minimum Gasteiger partial charge on any atom is -0.465 e. The number of benzene rings is 1. The molecular formula is C14H11ClN2O5. The zero-order chi connectivity index (χ0) is 16.4. The molecule has 1 aromatic heterocycles. The Hall–Kier alpha value is -2.67. The van der Waals surface area contributed by atoms with Crippen LogP contribution in [0.4, 0.5) is 5.82 Å². The maximum Gasteiger partial charge on any atom is 0.347 e. The lowest BCUT2D eigenvalue weighted by molar-refractivity contribution is -0.389. The van der Waals surface area contributed by atoms with Crippen molar-refractivity contribution in [2.45, 2.75) is 6.92 Å². The van der Waals surface area contributed by atoms with Crippen molar-refractivity contribution in [1.82, 2.24) is 4.98 Å². The second kappa shape index (κ2) is 5.98. The molecule has 0 radical (unpaired) electrons. The van der Waals surface area contributed by atoms with E-state index in [4.69, 9.17) is 11.6 Å². The number of rotatable bonds is 4. The van der Waals surface area contributed by atoms with Gasteiger partial charge >= 0.3 is 11.8 Å². The number of H-pyrrole nitrogens is 1. The molecule has 8 heteroatoms. The molecule has 7 nitrogen and oxygen atoms in total. The van der Waals surface area contributed by atoms with Crippen molar-refractivity contribution in [2.24, 2.45) is 0 Å². The fourth-order valence-corrected chi connectivity index (χ4v) is 2.33. The molecule has 0 saturated heterocycles. The van der Waals surface area contributed by atoms with Crippen LogP contribution >= 0.6 is 11.6 Å². The van der Waals surface area contributed by atoms with E-state index in [1.54, 1.807) is 12.1 Å². The van der Waals surface area contributed by atoms with Gasteiger partial charge in [-0.05, 0) is 24.0 Å². The van der Waals surface area contributed by atoms with Crippen molar-refractivity contribution in [3.63, 3.8) is 0 Å². The average molecular weight is 323 g/mol. The summed E-state index contributed by atoms with van der Waals surface area (Å²) in [5.41, 5.74) is -0.190. The number of carbonyl (C=O) groups excluding carboxylic acids is 2. The van der Waals surface area contributed by atoms with Crippen molar-refractivity contribution in [2.75, 3.05) is 7.11 Å². The Morgan fingerprint density at radius 1 is 1.27 bits per heavy atom. The molecule has 0 fully saturated rings. The summed E-state index contributed by atoms with van der Waals surface area (Å²) in [6.45, 7) is 1.46. The van der Waals surface area contributed by atoms with Crippen molar-refractivity contribution >= 4 is 29.2 Å². The molecule has 2 rings (SSSR count). The Kier molecular flexibility index (Phi) is 4.27. The summed E-state index contributed by atoms with van der Waals surface area (Å²) in [7, 11) is 1.08.